The summed E-state index contributed by atoms with van der Waals surface area (Å²) in [6.45, 7) is 0. The number of hydrogen-bond acceptors (Lipinski definition) is 15. The monoisotopic (exact) mass is 754 g/mol. The van der Waals surface area contributed by atoms with Gasteiger partial charge in [0.25, 0.3) is 20.2 Å². The van der Waals surface area contributed by atoms with E-state index < -0.39 is 62.2 Å². The Labute approximate surface area is 344 Å². The molecule has 0 heterocycles. The third kappa shape index (κ3) is 9.36. The molecule has 5 rings (SSSR count). The zero-order valence-electron chi connectivity index (χ0n) is 25.6. The quantitative estimate of drug-likeness (QED) is 0.0522. The van der Waals surface area contributed by atoms with Crippen LogP contribution < -0.4 is 110 Å². The van der Waals surface area contributed by atoms with Crippen LogP contribution in [-0.4, -0.2) is 38.9 Å². The smallest absolute Gasteiger partial charge is 0.872 e. The average molecular weight is 755 g/mol. The van der Waals surface area contributed by atoms with Gasteiger partial charge in [0.15, 0.2) is 0 Å². The van der Waals surface area contributed by atoms with Crippen molar-refractivity contribution in [2.45, 2.75) is 14.7 Å². The number of fused-ring (bicyclic) bond motifs is 2. The van der Waals surface area contributed by atoms with Gasteiger partial charge in [-0.05, 0) is 59.3 Å². The second kappa shape index (κ2) is 16.0. The summed E-state index contributed by atoms with van der Waals surface area (Å²) in [4.78, 5) is -2.25. The summed E-state index contributed by atoms with van der Waals surface area (Å²) >= 11 is 0. The maximum atomic E-state index is 12.7. The zero-order valence-corrected chi connectivity index (χ0v) is 34.0. The maximum absolute atomic E-state index is 12.7. The van der Waals surface area contributed by atoms with Crippen molar-refractivity contribution >= 4 is 86.0 Å². The normalized spacial score (nSPS) is 12.1. The molecule has 0 aliphatic heterocycles. The Balaban J connectivity index is 0.00000278. The van der Waals surface area contributed by atoms with Crippen molar-refractivity contribution in [2.75, 3.05) is 11.5 Å². The fourth-order valence-corrected chi connectivity index (χ4v) is 6.07. The first-order valence-corrected chi connectivity index (χ1v) is 16.6. The van der Waals surface area contributed by atoms with Crippen molar-refractivity contribution in [3.63, 3.8) is 0 Å². The van der Waals surface area contributed by atoms with Crippen molar-refractivity contribution in [3.8, 4) is 11.5 Å². The third-order valence-electron chi connectivity index (χ3n) is 6.45. The van der Waals surface area contributed by atoms with E-state index in [0.717, 1.165) is 24.3 Å². The van der Waals surface area contributed by atoms with Crippen molar-refractivity contribution < 1.29 is 138 Å². The first-order chi connectivity index (χ1) is 21.3. The Hall–Kier alpha value is -2.25. The van der Waals surface area contributed by atoms with E-state index in [-0.39, 0.29) is 139 Å². The molecule has 0 saturated carbocycles. The Morgan fingerprint density at radius 2 is 1.04 bits per heavy atom. The van der Waals surface area contributed by atoms with Gasteiger partial charge in [-0.15, -0.1) is 15.3 Å². The molecule has 0 spiro atoms. The molecular weight excluding hydrogens is 737 g/mol. The van der Waals surface area contributed by atoms with Crippen LogP contribution in [0.15, 0.2) is 102 Å². The van der Waals surface area contributed by atoms with Crippen molar-refractivity contribution in [3.05, 3.63) is 66.7 Å². The fraction of sp³-hybridized carbons (Fsp3) is 0. The van der Waals surface area contributed by atoms with Gasteiger partial charge in [-0.1, -0.05) is 29.7 Å². The molecule has 0 saturated heterocycles. The van der Waals surface area contributed by atoms with Crippen LogP contribution in [0.3, 0.4) is 0 Å². The molecule has 0 aliphatic carbocycles. The minimum atomic E-state index is -5.00. The van der Waals surface area contributed by atoms with Crippen LogP contribution in [0.1, 0.15) is 0 Å². The van der Waals surface area contributed by atoms with Crippen LogP contribution >= 0.6 is 0 Å². The summed E-state index contributed by atoms with van der Waals surface area (Å²) in [5.41, 5.74) is 10.6. The number of hydrogen-bond donors (Lipinski definition) is 4. The Kier molecular flexibility index (Phi) is 14.0. The van der Waals surface area contributed by atoms with Gasteiger partial charge in [0.05, 0.1) is 26.9 Å². The standard InChI is InChI=1S/C26H20N6O11S3.3Na/c27-17-4-1-12-7-15(44(35,36)37)10-20(33)23(12)25(17)31-29-14-3-6-19(22(9-14)46(41,42)43)30-32-26-18(28)5-2-13-8-16(45(38,39)40)11-21(34)24(13)26;;;/h1-11,33-34H,27-28H2,(H,35,36,37)(H,38,39,40)(H,41,42,43);;;/q;3*+1/p-3. The molecule has 0 fully saturated rings. The molecule has 5 aromatic rings. The Morgan fingerprint density at radius 3 is 1.51 bits per heavy atom. The molecule has 5 aromatic carbocycles. The fourth-order valence-electron chi connectivity index (χ4n) is 4.37. The number of nitrogens with two attached hydrogens (primary N) is 2. The number of benzene rings is 5. The average Bonchev–Trinajstić information content (AvgIpc) is 2.95. The Morgan fingerprint density at radius 1 is 0.571 bits per heavy atom. The Bertz CT molecular complexity index is 2520. The third-order valence-corrected chi connectivity index (χ3v) is 8.98. The number of nitrogens with zero attached hydrogens (tertiary/aromatic N) is 4. The van der Waals surface area contributed by atoms with E-state index in [9.17, 15) is 49.1 Å². The summed E-state index contributed by atoms with van der Waals surface area (Å²) in [7, 11) is -14.7. The zero-order chi connectivity index (χ0) is 33.8. The molecule has 0 unspecified atom stereocenters. The predicted octanol–water partition coefficient (Wildman–Crippen LogP) is -5.46. The van der Waals surface area contributed by atoms with Crippen LogP contribution in [0.2, 0.25) is 0 Å². The van der Waals surface area contributed by atoms with Gasteiger partial charge in [0.2, 0.25) is 0 Å². The molecule has 0 aromatic heterocycles. The summed E-state index contributed by atoms with van der Waals surface area (Å²) in [5.74, 6) is -1.79. The number of azo groups is 2. The minimum Gasteiger partial charge on any atom is -0.872 e. The summed E-state index contributed by atoms with van der Waals surface area (Å²) < 4.78 is 101. The van der Waals surface area contributed by atoms with Crippen LogP contribution in [0.5, 0.6) is 11.5 Å². The second-order valence-corrected chi connectivity index (χ2v) is 13.7. The van der Waals surface area contributed by atoms with Crippen LogP contribution in [-0.2, 0) is 30.4 Å². The van der Waals surface area contributed by atoms with Gasteiger partial charge in [-0.3, -0.25) is 9.11 Å². The SMILES string of the molecule is Nc1ccc2cc(S(=O)(=O)[O-])cc([O-])c2c1N=Nc1ccc(N=Nc2c(N)ccc3cc(S(=O)(=O)O)cc([O-])c23)c(S(=O)(=O)O)c1.[Na+].[Na+].[Na+]. The van der Waals surface area contributed by atoms with Gasteiger partial charge in [-0.2, -0.15) is 21.9 Å². The van der Waals surface area contributed by atoms with Gasteiger partial charge >= 0.3 is 88.7 Å². The van der Waals surface area contributed by atoms with E-state index in [2.05, 4.69) is 20.5 Å². The van der Waals surface area contributed by atoms with Crippen LogP contribution in [0, 0.1) is 0 Å². The summed E-state index contributed by atoms with van der Waals surface area (Å²) in [5, 5.41) is 40.5. The topological polar surface area (TPSA) is 314 Å². The van der Waals surface area contributed by atoms with Crippen molar-refractivity contribution in [1.82, 2.24) is 0 Å². The molecule has 0 aliphatic rings. The molecule has 23 heteroatoms. The molecule has 0 amide bonds. The molecule has 49 heavy (non-hydrogen) atoms. The van der Waals surface area contributed by atoms with E-state index in [1.54, 1.807) is 0 Å². The first-order valence-electron chi connectivity index (χ1n) is 12.3. The minimum absolute atomic E-state index is 0. The van der Waals surface area contributed by atoms with E-state index >= 15 is 0 Å². The summed E-state index contributed by atoms with van der Waals surface area (Å²) in [6.07, 6.45) is 0. The molecule has 0 radical (unpaired) electrons. The number of rotatable bonds is 7. The van der Waals surface area contributed by atoms with E-state index in [1.165, 1.54) is 30.3 Å². The van der Waals surface area contributed by atoms with Gasteiger partial charge in [-0.25, -0.2) is 8.42 Å². The van der Waals surface area contributed by atoms with Crippen molar-refractivity contribution in [2.24, 2.45) is 20.5 Å². The molecule has 0 bridgehead atoms. The van der Waals surface area contributed by atoms with Gasteiger partial charge in [0.1, 0.15) is 32.1 Å². The molecular formula is C26H17N6Na3O11S3. The van der Waals surface area contributed by atoms with E-state index in [1.807, 2.05) is 0 Å². The molecule has 6 N–H and O–H groups in total. The summed E-state index contributed by atoms with van der Waals surface area (Å²) in [6, 6.07) is 11.4. The first kappa shape index (κ1) is 42.9. The maximum Gasteiger partial charge on any atom is 1.00 e. The number of anilines is 2. The number of nitrogen functional groups attached to an aromatic ring is 2. The van der Waals surface area contributed by atoms with Crippen molar-refractivity contribution in [1.29, 1.82) is 0 Å². The van der Waals surface area contributed by atoms with Crippen LogP contribution in [0.4, 0.5) is 34.1 Å². The predicted molar refractivity (Wildman–Crippen MR) is 158 cm³/mol. The molecule has 238 valence electrons. The van der Waals surface area contributed by atoms with Gasteiger partial charge in [0, 0.05) is 10.8 Å². The van der Waals surface area contributed by atoms with E-state index in [0.29, 0.717) is 12.1 Å². The second-order valence-electron chi connectivity index (χ2n) is 9.50. The largest absolute Gasteiger partial charge is 1.00 e. The van der Waals surface area contributed by atoms with E-state index in [4.69, 9.17) is 11.5 Å². The van der Waals surface area contributed by atoms with Crippen LogP contribution in [0.25, 0.3) is 21.5 Å². The molecule has 0 atom stereocenters. The van der Waals surface area contributed by atoms with Gasteiger partial charge < -0.3 is 26.2 Å². The molecule has 17 nitrogen and oxygen atoms in total.